The largest absolute Gasteiger partial charge is 0.385 e. The summed E-state index contributed by atoms with van der Waals surface area (Å²) in [4.78, 5) is 12.4. The number of benzene rings is 2. The molecule has 0 aliphatic heterocycles. The van der Waals surface area contributed by atoms with Crippen molar-refractivity contribution in [3.8, 4) is 0 Å². The molecule has 6 nitrogen and oxygen atoms in total. The fourth-order valence-corrected chi connectivity index (χ4v) is 4.31. The molecule has 9 heteroatoms. The zero-order valence-electron chi connectivity index (χ0n) is 14.7. The van der Waals surface area contributed by atoms with E-state index in [0.29, 0.717) is 25.1 Å². The summed E-state index contributed by atoms with van der Waals surface area (Å²) >= 11 is 12.1. The van der Waals surface area contributed by atoms with Crippen LogP contribution < -0.4 is 10.0 Å². The van der Waals surface area contributed by atoms with Crippen LogP contribution in [0.1, 0.15) is 22.3 Å². The predicted octanol–water partition coefficient (Wildman–Crippen LogP) is 3.70. The molecule has 27 heavy (non-hydrogen) atoms. The molecule has 2 N–H and O–H groups in total. The summed E-state index contributed by atoms with van der Waals surface area (Å²) < 4.78 is 32.5. The van der Waals surface area contributed by atoms with E-state index in [4.69, 9.17) is 27.9 Å². The lowest BCUT2D eigenvalue weighted by Crippen LogP contribution is -2.27. The lowest BCUT2D eigenvalue weighted by atomic mass is 10.1. The van der Waals surface area contributed by atoms with Gasteiger partial charge in [0.1, 0.15) is 0 Å². The third-order valence-corrected chi connectivity index (χ3v) is 5.55. The lowest BCUT2D eigenvalue weighted by molar-refractivity contribution is 0.0949. The highest BCUT2D eigenvalue weighted by molar-refractivity contribution is 7.91. The molecule has 0 spiro atoms. The summed E-state index contributed by atoms with van der Waals surface area (Å²) in [7, 11) is -2.26. The van der Waals surface area contributed by atoms with E-state index >= 15 is 0 Å². The summed E-state index contributed by atoms with van der Waals surface area (Å²) in [5, 5.41) is 3.25. The van der Waals surface area contributed by atoms with Crippen LogP contribution in [0.15, 0.2) is 42.5 Å². The van der Waals surface area contributed by atoms with Gasteiger partial charge in [-0.25, -0.2) is 8.42 Å². The van der Waals surface area contributed by atoms with Crippen molar-refractivity contribution < 1.29 is 17.9 Å². The summed E-state index contributed by atoms with van der Waals surface area (Å²) in [6, 6.07) is 11.1. The highest BCUT2D eigenvalue weighted by atomic mass is 35.5. The first kappa shape index (κ1) is 21.5. The van der Waals surface area contributed by atoms with Gasteiger partial charge in [-0.15, -0.1) is 0 Å². The van der Waals surface area contributed by atoms with E-state index in [1.165, 1.54) is 6.07 Å². The maximum atomic E-state index is 12.6. The molecule has 0 bridgehead atoms. The van der Waals surface area contributed by atoms with Crippen molar-refractivity contribution in [2.75, 3.05) is 25.0 Å². The molecular weight excluding hydrogens is 411 g/mol. The van der Waals surface area contributed by atoms with Gasteiger partial charge in [-0.2, -0.15) is 0 Å². The molecule has 0 unspecified atom stereocenters. The Labute approximate surface area is 168 Å². The summed E-state index contributed by atoms with van der Waals surface area (Å²) in [5.74, 6) is -0.782. The minimum atomic E-state index is -3.84. The number of carbonyl (C=O) groups excluding carboxylic acids is 1. The second-order valence-corrected chi connectivity index (χ2v) is 8.25. The Balaban J connectivity index is 2.15. The molecule has 2 rings (SSSR count). The van der Waals surface area contributed by atoms with Gasteiger partial charge in [0.2, 0.25) is 10.0 Å². The second-order valence-electron chi connectivity index (χ2n) is 5.71. The number of para-hydroxylation sites is 1. The lowest BCUT2D eigenvalue weighted by Gasteiger charge is -2.14. The van der Waals surface area contributed by atoms with Gasteiger partial charge in [-0.05, 0) is 30.7 Å². The molecule has 1 amide bonds. The molecule has 0 saturated carbocycles. The molecular formula is C18H20Cl2N2O4S. The average molecular weight is 431 g/mol. The number of carbonyl (C=O) groups is 1. The number of hydrogen-bond acceptors (Lipinski definition) is 4. The van der Waals surface area contributed by atoms with Gasteiger partial charge >= 0.3 is 0 Å². The Morgan fingerprint density at radius 3 is 2.41 bits per heavy atom. The summed E-state index contributed by atoms with van der Waals surface area (Å²) in [6.07, 6.45) is 0.654. The van der Waals surface area contributed by atoms with Crippen molar-refractivity contribution in [1.29, 1.82) is 0 Å². The molecule has 0 aliphatic carbocycles. The van der Waals surface area contributed by atoms with Crippen LogP contribution in [-0.4, -0.2) is 34.6 Å². The number of rotatable bonds is 9. The Hall–Kier alpha value is -1.80. The second kappa shape index (κ2) is 9.94. The zero-order chi connectivity index (χ0) is 19.9. The van der Waals surface area contributed by atoms with Crippen molar-refractivity contribution in [2.24, 2.45) is 0 Å². The molecule has 0 heterocycles. The molecule has 0 aliphatic rings. The van der Waals surface area contributed by atoms with E-state index in [-0.39, 0.29) is 27.2 Å². The van der Waals surface area contributed by atoms with Gasteiger partial charge in [0.25, 0.3) is 5.91 Å². The molecule has 0 fully saturated rings. The molecule has 146 valence electrons. The monoisotopic (exact) mass is 430 g/mol. The number of hydrogen-bond donors (Lipinski definition) is 2. The number of amides is 1. The zero-order valence-corrected chi connectivity index (χ0v) is 17.0. The summed E-state index contributed by atoms with van der Waals surface area (Å²) in [6.45, 7) is 0.941. The fraction of sp³-hybridized carbons (Fsp3) is 0.278. The predicted molar refractivity (Wildman–Crippen MR) is 108 cm³/mol. The summed E-state index contributed by atoms with van der Waals surface area (Å²) in [5.41, 5.74) is 0.712. The third-order valence-electron chi connectivity index (χ3n) is 3.64. The van der Waals surface area contributed by atoms with Crippen molar-refractivity contribution in [1.82, 2.24) is 5.32 Å². The van der Waals surface area contributed by atoms with Crippen molar-refractivity contribution >= 4 is 44.8 Å². The van der Waals surface area contributed by atoms with Gasteiger partial charge in [0.15, 0.2) is 0 Å². The van der Waals surface area contributed by atoms with Gasteiger partial charge in [0, 0.05) is 35.9 Å². The number of methoxy groups -OCH3 is 1. The minimum Gasteiger partial charge on any atom is -0.385 e. The first-order valence-corrected chi connectivity index (χ1v) is 10.5. The van der Waals surface area contributed by atoms with Crippen molar-refractivity contribution in [3.05, 3.63) is 63.6 Å². The highest BCUT2D eigenvalue weighted by Gasteiger charge is 2.19. The number of nitrogens with one attached hydrogen (secondary N) is 2. The molecule has 0 atom stereocenters. The maximum Gasteiger partial charge on any atom is 0.253 e. The van der Waals surface area contributed by atoms with E-state index in [1.807, 2.05) is 0 Å². The van der Waals surface area contributed by atoms with Crippen LogP contribution >= 0.6 is 23.2 Å². The smallest absolute Gasteiger partial charge is 0.253 e. The Morgan fingerprint density at radius 2 is 1.74 bits per heavy atom. The van der Waals surface area contributed by atoms with E-state index < -0.39 is 15.8 Å². The fourth-order valence-electron chi connectivity index (χ4n) is 2.35. The number of anilines is 1. The van der Waals surface area contributed by atoms with Crippen molar-refractivity contribution in [3.63, 3.8) is 0 Å². The van der Waals surface area contributed by atoms with Gasteiger partial charge in [-0.3, -0.25) is 9.52 Å². The molecule has 0 radical (unpaired) electrons. The Morgan fingerprint density at radius 1 is 1.07 bits per heavy atom. The number of halogens is 2. The Bertz CT molecular complexity index is 884. The van der Waals surface area contributed by atoms with E-state index in [1.54, 1.807) is 43.5 Å². The molecule has 2 aromatic rings. The van der Waals surface area contributed by atoms with Crippen LogP contribution in [0, 0.1) is 0 Å². The van der Waals surface area contributed by atoms with E-state index in [9.17, 15) is 13.2 Å². The van der Waals surface area contributed by atoms with E-state index in [0.717, 1.165) is 0 Å². The number of sulfonamides is 1. The SMILES string of the molecule is COCCCNC(=O)c1ccccc1NS(=O)(=O)Cc1c(Cl)cccc1Cl. The maximum absolute atomic E-state index is 12.6. The van der Waals surface area contributed by atoms with Crippen LogP contribution in [0.4, 0.5) is 5.69 Å². The first-order chi connectivity index (χ1) is 12.8. The molecule has 0 aromatic heterocycles. The van der Waals surface area contributed by atoms with Crippen LogP contribution in [0.5, 0.6) is 0 Å². The third kappa shape index (κ3) is 6.39. The van der Waals surface area contributed by atoms with Gasteiger partial charge in [-0.1, -0.05) is 41.4 Å². The topological polar surface area (TPSA) is 84.5 Å². The van der Waals surface area contributed by atoms with Gasteiger partial charge < -0.3 is 10.1 Å². The van der Waals surface area contributed by atoms with Crippen LogP contribution in [0.2, 0.25) is 10.0 Å². The quantitative estimate of drug-likeness (QED) is 0.593. The standard InChI is InChI=1S/C18H20Cl2N2O4S/c1-26-11-5-10-21-18(23)13-6-2-3-9-17(13)22-27(24,25)12-14-15(19)7-4-8-16(14)20/h2-4,6-9,22H,5,10-12H2,1H3,(H,21,23). The minimum absolute atomic E-state index is 0.185. The van der Waals surface area contributed by atoms with Gasteiger partial charge in [0.05, 0.1) is 17.0 Å². The molecule has 0 saturated heterocycles. The van der Waals surface area contributed by atoms with Crippen LogP contribution in [0.25, 0.3) is 0 Å². The Kier molecular flexibility index (Phi) is 7.91. The normalized spacial score (nSPS) is 11.2. The average Bonchev–Trinajstić information content (AvgIpc) is 2.62. The van der Waals surface area contributed by atoms with E-state index in [2.05, 4.69) is 10.0 Å². The van der Waals surface area contributed by atoms with Crippen molar-refractivity contribution in [2.45, 2.75) is 12.2 Å². The highest BCUT2D eigenvalue weighted by Crippen LogP contribution is 2.27. The first-order valence-electron chi connectivity index (χ1n) is 8.13. The molecule has 2 aromatic carbocycles. The number of ether oxygens (including phenoxy) is 1. The van der Waals surface area contributed by atoms with Crippen LogP contribution in [0.3, 0.4) is 0 Å². The van der Waals surface area contributed by atoms with Crippen LogP contribution in [-0.2, 0) is 20.5 Å².